The van der Waals surface area contributed by atoms with Crippen molar-refractivity contribution >= 4 is 0 Å². The van der Waals surface area contributed by atoms with Crippen LogP contribution in [0.4, 0.5) is 0 Å². The Morgan fingerprint density at radius 2 is 1.79 bits per heavy atom. The average Bonchev–Trinajstić information content (AvgIpc) is 2.74. The first-order valence-electron chi connectivity index (χ1n) is 7.07. The van der Waals surface area contributed by atoms with E-state index in [2.05, 4.69) is 50.2 Å². The summed E-state index contributed by atoms with van der Waals surface area (Å²) in [5, 5.41) is 0. The molecule has 0 radical (unpaired) electrons. The van der Waals surface area contributed by atoms with Gasteiger partial charge in [-0.1, -0.05) is 42.0 Å². The largest absolute Gasteiger partial charge is 0.485 e. The molecule has 1 aliphatic heterocycles. The van der Waals surface area contributed by atoms with Gasteiger partial charge in [0.1, 0.15) is 11.9 Å². The number of ether oxygens (including phenoxy) is 1. The third-order valence-corrected chi connectivity index (χ3v) is 4.49. The van der Waals surface area contributed by atoms with Crippen LogP contribution in [0.5, 0.6) is 5.75 Å². The molecule has 2 aromatic carbocycles. The zero-order chi connectivity index (χ0) is 13.0. The van der Waals surface area contributed by atoms with Gasteiger partial charge >= 0.3 is 0 Å². The summed E-state index contributed by atoms with van der Waals surface area (Å²) in [5.41, 5.74) is 6.89. The fourth-order valence-electron chi connectivity index (χ4n) is 3.75. The van der Waals surface area contributed by atoms with Gasteiger partial charge in [0.2, 0.25) is 0 Å². The molecule has 0 N–H and O–H groups in total. The summed E-state index contributed by atoms with van der Waals surface area (Å²) in [7, 11) is 0. The van der Waals surface area contributed by atoms with Crippen LogP contribution in [0.25, 0.3) is 0 Å². The first-order chi connectivity index (χ1) is 9.22. The van der Waals surface area contributed by atoms with Gasteiger partial charge < -0.3 is 4.74 Å². The van der Waals surface area contributed by atoms with Crippen LogP contribution in [0, 0.1) is 19.8 Å². The number of fused-ring (bicyclic) bond motifs is 4. The van der Waals surface area contributed by atoms with Gasteiger partial charge in [-0.3, -0.25) is 0 Å². The van der Waals surface area contributed by atoms with Crippen molar-refractivity contribution in [1.29, 1.82) is 0 Å². The smallest absolute Gasteiger partial charge is 0.127 e. The summed E-state index contributed by atoms with van der Waals surface area (Å²) in [5.74, 6) is 1.75. The molecule has 1 nitrogen and oxygen atoms in total. The Kier molecular flexibility index (Phi) is 2.26. The molecular formula is C18H18O. The van der Waals surface area contributed by atoms with Gasteiger partial charge in [-0.05, 0) is 48.9 Å². The SMILES string of the molecule is Cc1cc(C)c2c(c1)CC1Cc3ccccc3C1O2. The zero-order valence-electron chi connectivity index (χ0n) is 11.4. The van der Waals surface area contributed by atoms with E-state index in [1.165, 1.54) is 27.8 Å². The molecule has 0 saturated heterocycles. The minimum absolute atomic E-state index is 0.269. The van der Waals surface area contributed by atoms with Crippen LogP contribution in [-0.2, 0) is 12.8 Å². The molecule has 2 unspecified atom stereocenters. The van der Waals surface area contributed by atoms with Crippen LogP contribution in [0.1, 0.15) is 33.9 Å². The van der Waals surface area contributed by atoms with Gasteiger partial charge in [0.05, 0.1) is 0 Å². The lowest BCUT2D eigenvalue weighted by Gasteiger charge is -2.30. The van der Waals surface area contributed by atoms with E-state index in [0.717, 1.165) is 18.6 Å². The fourth-order valence-corrected chi connectivity index (χ4v) is 3.75. The normalized spacial score (nSPS) is 23.3. The number of hydrogen-bond acceptors (Lipinski definition) is 1. The second-order valence-electron chi connectivity index (χ2n) is 5.98. The lowest BCUT2D eigenvalue weighted by atomic mass is 9.89. The van der Waals surface area contributed by atoms with Crippen molar-refractivity contribution in [2.45, 2.75) is 32.8 Å². The summed E-state index contributed by atoms with van der Waals surface area (Å²) in [4.78, 5) is 0. The van der Waals surface area contributed by atoms with E-state index < -0.39 is 0 Å². The Bertz CT molecular complexity index is 657. The molecule has 19 heavy (non-hydrogen) atoms. The van der Waals surface area contributed by atoms with Crippen LogP contribution < -0.4 is 4.74 Å². The minimum atomic E-state index is 0.269. The first-order valence-corrected chi connectivity index (χ1v) is 7.07. The van der Waals surface area contributed by atoms with Gasteiger partial charge in [-0.25, -0.2) is 0 Å². The fraction of sp³-hybridized carbons (Fsp3) is 0.333. The molecule has 1 heterocycles. The molecule has 0 amide bonds. The van der Waals surface area contributed by atoms with Gasteiger partial charge in [0, 0.05) is 5.92 Å². The highest BCUT2D eigenvalue weighted by Crippen LogP contribution is 2.47. The summed E-state index contributed by atoms with van der Waals surface area (Å²) >= 11 is 0. The van der Waals surface area contributed by atoms with Crippen molar-refractivity contribution in [3.05, 3.63) is 64.2 Å². The molecular weight excluding hydrogens is 232 g/mol. The Morgan fingerprint density at radius 3 is 2.68 bits per heavy atom. The van der Waals surface area contributed by atoms with Crippen molar-refractivity contribution in [2.75, 3.05) is 0 Å². The third-order valence-electron chi connectivity index (χ3n) is 4.49. The van der Waals surface area contributed by atoms with E-state index in [9.17, 15) is 0 Å². The van der Waals surface area contributed by atoms with E-state index in [1.807, 2.05) is 0 Å². The van der Waals surface area contributed by atoms with Gasteiger partial charge in [-0.2, -0.15) is 0 Å². The van der Waals surface area contributed by atoms with Gasteiger partial charge in [0.15, 0.2) is 0 Å². The van der Waals surface area contributed by atoms with Gasteiger partial charge in [0.25, 0.3) is 0 Å². The highest BCUT2D eigenvalue weighted by atomic mass is 16.5. The lowest BCUT2D eigenvalue weighted by molar-refractivity contribution is 0.127. The molecule has 1 heteroatoms. The molecule has 0 fully saturated rings. The Balaban J connectivity index is 1.80. The maximum atomic E-state index is 6.37. The molecule has 0 aromatic heterocycles. The average molecular weight is 250 g/mol. The van der Waals surface area contributed by atoms with Gasteiger partial charge in [-0.15, -0.1) is 0 Å². The van der Waals surface area contributed by atoms with E-state index in [4.69, 9.17) is 4.74 Å². The monoisotopic (exact) mass is 250 g/mol. The van der Waals surface area contributed by atoms with Crippen LogP contribution in [0.15, 0.2) is 36.4 Å². The zero-order valence-corrected chi connectivity index (χ0v) is 11.4. The van der Waals surface area contributed by atoms with E-state index in [-0.39, 0.29) is 6.10 Å². The van der Waals surface area contributed by atoms with Crippen molar-refractivity contribution in [3.8, 4) is 5.75 Å². The highest BCUT2D eigenvalue weighted by molar-refractivity contribution is 5.48. The molecule has 0 bridgehead atoms. The minimum Gasteiger partial charge on any atom is -0.485 e. The number of rotatable bonds is 0. The van der Waals surface area contributed by atoms with Crippen molar-refractivity contribution in [1.82, 2.24) is 0 Å². The Labute approximate surface area is 114 Å². The van der Waals surface area contributed by atoms with Crippen molar-refractivity contribution in [3.63, 3.8) is 0 Å². The maximum Gasteiger partial charge on any atom is 0.127 e. The maximum absolute atomic E-state index is 6.37. The Morgan fingerprint density at radius 1 is 1.00 bits per heavy atom. The molecule has 96 valence electrons. The second kappa shape index (κ2) is 3.86. The van der Waals surface area contributed by atoms with Crippen LogP contribution in [0.3, 0.4) is 0 Å². The van der Waals surface area contributed by atoms with Crippen molar-refractivity contribution < 1.29 is 4.74 Å². The first kappa shape index (κ1) is 11.1. The molecule has 0 saturated carbocycles. The second-order valence-corrected chi connectivity index (χ2v) is 5.98. The topological polar surface area (TPSA) is 9.23 Å². The van der Waals surface area contributed by atoms with E-state index in [1.54, 1.807) is 0 Å². The summed E-state index contributed by atoms with van der Waals surface area (Å²) < 4.78 is 6.37. The predicted octanol–water partition coefficient (Wildman–Crippen LogP) is 4.15. The summed E-state index contributed by atoms with van der Waals surface area (Å²) in [6.07, 6.45) is 2.58. The van der Waals surface area contributed by atoms with E-state index in [0.29, 0.717) is 5.92 Å². The number of hydrogen-bond donors (Lipinski definition) is 0. The van der Waals surface area contributed by atoms with Crippen LogP contribution in [0.2, 0.25) is 0 Å². The molecule has 2 aromatic rings. The van der Waals surface area contributed by atoms with E-state index >= 15 is 0 Å². The molecule has 2 aliphatic rings. The van der Waals surface area contributed by atoms with Crippen LogP contribution >= 0.6 is 0 Å². The standard InChI is InChI=1S/C18H18O/c1-11-7-12(2)17-14(8-11)10-15-9-13-5-3-4-6-16(13)18(15)19-17/h3-8,15,18H,9-10H2,1-2H3. The molecule has 4 rings (SSSR count). The lowest BCUT2D eigenvalue weighted by Crippen LogP contribution is -2.23. The molecule has 2 atom stereocenters. The highest BCUT2D eigenvalue weighted by Gasteiger charge is 2.38. The number of aryl methyl sites for hydroxylation is 2. The predicted molar refractivity (Wildman–Crippen MR) is 76.6 cm³/mol. The quantitative estimate of drug-likeness (QED) is 0.682. The number of benzene rings is 2. The summed E-state index contributed by atoms with van der Waals surface area (Å²) in [6.45, 7) is 4.33. The third kappa shape index (κ3) is 1.61. The van der Waals surface area contributed by atoms with Crippen LogP contribution in [-0.4, -0.2) is 0 Å². The summed E-state index contributed by atoms with van der Waals surface area (Å²) in [6, 6.07) is 13.3. The van der Waals surface area contributed by atoms with Crippen molar-refractivity contribution in [2.24, 2.45) is 5.92 Å². The molecule has 1 aliphatic carbocycles. The molecule has 0 spiro atoms. The Hall–Kier alpha value is -1.76.